The molecule has 0 radical (unpaired) electrons. The van der Waals surface area contributed by atoms with Crippen LogP contribution in [0.15, 0.2) is 51.8 Å². The molecule has 21 heavy (non-hydrogen) atoms. The molecule has 0 aliphatic heterocycles. The maximum Gasteiger partial charge on any atom is 0.273 e. The van der Waals surface area contributed by atoms with E-state index in [-0.39, 0.29) is 16.3 Å². The van der Waals surface area contributed by atoms with Crippen LogP contribution in [0, 0.1) is 10.1 Å². The van der Waals surface area contributed by atoms with Gasteiger partial charge in [0, 0.05) is 10.5 Å². The van der Waals surface area contributed by atoms with Crippen molar-refractivity contribution in [3.63, 3.8) is 0 Å². The Hall–Kier alpha value is -2.13. The number of hydrogen-bond acceptors (Lipinski definition) is 5. The summed E-state index contributed by atoms with van der Waals surface area (Å²) < 4.78 is 27.0. The number of hydrogen-bond donors (Lipinski definition) is 2. The molecule has 0 heterocycles. The van der Waals surface area contributed by atoms with E-state index in [1.54, 1.807) is 18.2 Å². The summed E-state index contributed by atoms with van der Waals surface area (Å²) in [5.41, 5.74) is -0.479. The van der Waals surface area contributed by atoms with Crippen molar-refractivity contribution in [1.82, 2.24) is 0 Å². The second-order valence-corrected chi connectivity index (χ2v) is 6.50. The first-order chi connectivity index (χ1) is 9.81. The van der Waals surface area contributed by atoms with Crippen LogP contribution in [0.3, 0.4) is 0 Å². The predicted octanol–water partition coefficient (Wildman–Crippen LogP) is 2.86. The van der Waals surface area contributed by atoms with Crippen molar-refractivity contribution in [2.45, 2.75) is 4.90 Å². The number of aromatic hydroxyl groups is 1. The average molecular weight is 373 g/mol. The van der Waals surface area contributed by atoms with Crippen LogP contribution >= 0.6 is 15.9 Å². The number of rotatable bonds is 4. The average Bonchev–Trinajstić information content (AvgIpc) is 2.41. The molecule has 0 saturated heterocycles. The summed E-state index contributed by atoms with van der Waals surface area (Å²) in [6.07, 6.45) is 0. The van der Waals surface area contributed by atoms with Crippen molar-refractivity contribution in [2.24, 2.45) is 0 Å². The maximum absolute atomic E-state index is 12.2. The predicted molar refractivity (Wildman–Crippen MR) is 79.7 cm³/mol. The van der Waals surface area contributed by atoms with E-state index in [4.69, 9.17) is 0 Å². The molecule has 9 heteroatoms. The van der Waals surface area contributed by atoms with Gasteiger partial charge in [0.15, 0.2) is 0 Å². The molecule has 2 aromatic rings. The summed E-state index contributed by atoms with van der Waals surface area (Å²) in [6, 6.07) is 9.25. The quantitative estimate of drug-likeness (QED) is 0.487. The van der Waals surface area contributed by atoms with Gasteiger partial charge in [-0.3, -0.25) is 14.8 Å². The van der Waals surface area contributed by atoms with Gasteiger partial charge in [0.1, 0.15) is 10.6 Å². The van der Waals surface area contributed by atoms with Gasteiger partial charge in [0.05, 0.1) is 16.7 Å². The summed E-state index contributed by atoms with van der Waals surface area (Å²) >= 11 is 3.12. The number of nitrogens with one attached hydrogen (secondary N) is 1. The van der Waals surface area contributed by atoms with Crippen molar-refractivity contribution in [3.8, 4) is 5.75 Å². The maximum atomic E-state index is 12.2. The third-order valence-corrected chi connectivity index (χ3v) is 4.94. The number of nitrogens with zero attached hydrogens (tertiary/aromatic N) is 1. The zero-order valence-electron chi connectivity index (χ0n) is 10.4. The van der Waals surface area contributed by atoms with Crippen molar-refractivity contribution in [2.75, 3.05) is 4.72 Å². The highest BCUT2D eigenvalue weighted by Crippen LogP contribution is 2.31. The van der Waals surface area contributed by atoms with E-state index in [2.05, 4.69) is 20.7 Å². The van der Waals surface area contributed by atoms with Crippen LogP contribution in [0.4, 0.5) is 11.4 Å². The molecule has 110 valence electrons. The number of halogens is 1. The smallest absolute Gasteiger partial charge is 0.273 e. The topological polar surface area (TPSA) is 110 Å². The second kappa shape index (κ2) is 5.70. The Labute approximate surface area is 128 Å². The molecule has 2 N–H and O–H groups in total. The lowest BCUT2D eigenvalue weighted by Gasteiger charge is -2.10. The number of phenols is 1. The Balaban J connectivity index is 2.38. The molecule has 2 aromatic carbocycles. The van der Waals surface area contributed by atoms with E-state index in [1.807, 2.05) is 0 Å². The Kier molecular flexibility index (Phi) is 4.14. The minimum atomic E-state index is -3.93. The van der Waals surface area contributed by atoms with Gasteiger partial charge in [0.2, 0.25) is 0 Å². The fourth-order valence-corrected chi connectivity index (χ4v) is 3.66. The molecule has 0 saturated carbocycles. The standard InChI is InChI=1S/C12H9BrN2O5S/c13-9-3-1-2-4-12(9)21(19,20)14-10-6-5-8(15(17)18)7-11(10)16/h1-7,14,16H. The largest absolute Gasteiger partial charge is 0.505 e. The van der Waals surface area contributed by atoms with Gasteiger partial charge in [0.25, 0.3) is 15.7 Å². The molecule has 0 amide bonds. The number of non-ortho nitro benzene ring substituents is 1. The van der Waals surface area contributed by atoms with Gasteiger partial charge in [-0.25, -0.2) is 8.42 Å². The van der Waals surface area contributed by atoms with Gasteiger partial charge >= 0.3 is 0 Å². The monoisotopic (exact) mass is 372 g/mol. The Morgan fingerprint density at radius 3 is 2.43 bits per heavy atom. The van der Waals surface area contributed by atoms with Gasteiger partial charge in [-0.05, 0) is 34.1 Å². The van der Waals surface area contributed by atoms with Crippen LogP contribution < -0.4 is 4.72 Å². The molecule has 2 rings (SSSR count). The normalized spacial score (nSPS) is 11.1. The van der Waals surface area contributed by atoms with Crippen LogP contribution in [0.2, 0.25) is 0 Å². The number of nitro groups is 1. The summed E-state index contributed by atoms with van der Waals surface area (Å²) in [7, 11) is -3.93. The first-order valence-electron chi connectivity index (χ1n) is 5.56. The van der Waals surface area contributed by atoms with Crippen LogP contribution in [0.25, 0.3) is 0 Å². The highest BCUT2D eigenvalue weighted by Gasteiger charge is 2.20. The van der Waals surface area contributed by atoms with Crippen molar-refractivity contribution in [3.05, 3.63) is 57.1 Å². The fraction of sp³-hybridized carbons (Fsp3) is 0. The molecule has 0 aliphatic carbocycles. The minimum absolute atomic E-state index is 0.0113. The molecule has 0 spiro atoms. The van der Waals surface area contributed by atoms with E-state index >= 15 is 0 Å². The second-order valence-electron chi connectivity index (χ2n) is 3.99. The highest BCUT2D eigenvalue weighted by molar-refractivity contribution is 9.10. The SMILES string of the molecule is O=[N+]([O-])c1ccc(NS(=O)(=O)c2ccccc2Br)c(O)c1. The molecule has 0 aliphatic rings. The van der Waals surface area contributed by atoms with E-state index in [0.29, 0.717) is 4.47 Å². The summed E-state index contributed by atoms with van der Waals surface area (Å²) in [6.45, 7) is 0. The number of nitro benzene ring substituents is 1. The molecule has 0 fully saturated rings. The van der Waals surface area contributed by atoms with Crippen LogP contribution in [-0.4, -0.2) is 18.4 Å². The summed E-state index contributed by atoms with van der Waals surface area (Å²) in [5.74, 6) is -0.528. The Morgan fingerprint density at radius 1 is 1.19 bits per heavy atom. The number of sulfonamides is 1. The Bertz CT molecular complexity index is 807. The summed E-state index contributed by atoms with van der Waals surface area (Å²) in [5, 5.41) is 20.2. The lowest BCUT2D eigenvalue weighted by molar-refractivity contribution is -0.384. The van der Waals surface area contributed by atoms with Gasteiger partial charge in [-0.2, -0.15) is 0 Å². The summed E-state index contributed by atoms with van der Waals surface area (Å²) in [4.78, 5) is 9.87. The molecule has 7 nitrogen and oxygen atoms in total. The zero-order valence-corrected chi connectivity index (χ0v) is 12.8. The minimum Gasteiger partial charge on any atom is -0.505 e. The van der Waals surface area contributed by atoms with E-state index in [9.17, 15) is 23.6 Å². The third kappa shape index (κ3) is 3.31. The molecular weight excluding hydrogens is 364 g/mol. The van der Waals surface area contributed by atoms with Gasteiger partial charge in [-0.1, -0.05) is 12.1 Å². The van der Waals surface area contributed by atoms with Crippen molar-refractivity contribution in [1.29, 1.82) is 0 Å². The van der Waals surface area contributed by atoms with Crippen LogP contribution in [0.1, 0.15) is 0 Å². The molecule has 0 unspecified atom stereocenters. The Morgan fingerprint density at radius 2 is 1.86 bits per heavy atom. The van der Waals surface area contributed by atoms with E-state index < -0.39 is 20.7 Å². The molecule has 0 atom stereocenters. The van der Waals surface area contributed by atoms with Crippen LogP contribution in [0.5, 0.6) is 5.75 Å². The number of phenolic OH excluding ortho intramolecular Hbond substituents is 1. The lowest BCUT2D eigenvalue weighted by atomic mass is 10.2. The zero-order chi connectivity index (χ0) is 15.6. The van der Waals surface area contributed by atoms with Crippen LogP contribution in [-0.2, 0) is 10.0 Å². The van der Waals surface area contributed by atoms with Crippen molar-refractivity contribution < 1.29 is 18.4 Å². The van der Waals surface area contributed by atoms with Gasteiger partial charge < -0.3 is 5.11 Å². The lowest BCUT2D eigenvalue weighted by Crippen LogP contribution is -2.13. The highest BCUT2D eigenvalue weighted by atomic mass is 79.9. The van der Waals surface area contributed by atoms with Gasteiger partial charge in [-0.15, -0.1) is 0 Å². The van der Waals surface area contributed by atoms with E-state index in [1.165, 1.54) is 6.07 Å². The molecular formula is C12H9BrN2O5S. The number of anilines is 1. The first kappa shape index (κ1) is 15.3. The third-order valence-electron chi connectivity index (χ3n) is 2.56. The molecule has 0 bridgehead atoms. The first-order valence-corrected chi connectivity index (χ1v) is 7.83. The van der Waals surface area contributed by atoms with Crippen molar-refractivity contribution >= 4 is 37.3 Å². The number of benzene rings is 2. The molecule has 0 aromatic heterocycles. The van der Waals surface area contributed by atoms with E-state index in [0.717, 1.165) is 18.2 Å². The fourth-order valence-electron chi connectivity index (χ4n) is 1.58.